The number of halogens is 3. The summed E-state index contributed by atoms with van der Waals surface area (Å²) >= 11 is 0. The highest BCUT2D eigenvalue weighted by Gasteiger charge is 2.34. The van der Waals surface area contributed by atoms with Gasteiger partial charge < -0.3 is 24.6 Å². The lowest BCUT2D eigenvalue weighted by atomic mass is 9.98. The van der Waals surface area contributed by atoms with E-state index in [1.54, 1.807) is 12.0 Å². The lowest BCUT2D eigenvalue weighted by molar-refractivity contribution is -0.137. The normalized spacial score (nSPS) is 12.9. The molecule has 0 aliphatic carbocycles. The number of para-hydroxylation sites is 1. The van der Waals surface area contributed by atoms with Crippen LogP contribution >= 0.6 is 0 Å². The summed E-state index contributed by atoms with van der Waals surface area (Å²) < 4.78 is 51.3. The van der Waals surface area contributed by atoms with Crippen LogP contribution in [0.3, 0.4) is 0 Å². The van der Waals surface area contributed by atoms with E-state index >= 15 is 0 Å². The number of nitrogens with one attached hydrogen (secondary N) is 1. The van der Waals surface area contributed by atoms with Crippen molar-refractivity contribution >= 4 is 17.6 Å². The highest BCUT2D eigenvalue weighted by atomic mass is 19.4. The molecule has 1 aliphatic rings. The highest BCUT2D eigenvalue weighted by molar-refractivity contribution is 5.93. The van der Waals surface area contributed by atoms with Gasteiger partial charge in [-0.3, -0.25) is 4.79 Å². The number of alkyl halides is 3. The molecule has 7 nitrogen and oxygen atoms in total. The standard InChI is InChI=1S/C29H30F3N3O4/c1-38-25-16-21-13-15-34(18-22(21)17-26(25)39-2)27(36)19-35(14-12-20-8-4-3-5-9-20)28(37)33-24-11-7-6-10-23(24)29(30,31)32/h3-11,16-17H,12-15,18-19H2,1-2H3,(H,33,37). The summed E-state index contributed by atoms with van der Waals surface area (Å²) in [6.07, 6.45) is -3.61. The number of hydrogen-bond donors (Lipinski definition) is 1. The Morgan fingerprint density at radius 3 is 2.26 bits per heavy atom. The van der Waals surface area contributed by atoms with E-state index < -0.39 is 17.8 Å². The number of methoxy groups -OCH3 is 2. The first-order chi connectivity index (χ1) is 18.7. The van der Waals surface area contributed by atoms with Crippen LogP contribution in [0.25, 0.3) is 0 Å². The molecule has 1 heterocycles. The number of carbonyl (C=O) groups is 2. The van der Waals surface area contributed by atoms with Gasteiger partial charge in [0.1, 0.15) is 6.54 Å². The minimum absolute atomic E-state index is 0.144. The van der Waals surface area contributed by atoms with E-state index in [9.17, 15) is 22.8 Å². The van der Waals surface area contributed by atoms with Gasteiger partial charge in [0.2, 0.25) is 5.91 Å². The predicted octanol–water partition coefficient (Wildman–Crippen LogP) is 5.38. The fraction of sp³-hybridized carbons (Fsp3) is 0.310. The number of hydrogen-bond acceptors (Lipinski definition) is 4. The Hall–Kier alpha value is -4.21. The van der Waals surface area contributed by atoms with E-state index in [0.29, 0.717) is 37.4 Å². The number of benzene rings is 3. The molecular weight excluding hydrogens is 511 g/mol. The minimum Gasteiger partial charge on any atom is -0.493 e. The maximum atomic E-state index is 13.5. The molecule has 0 spiro atoms. The molecule has 3 aromatic rings. The van der Waals surface area contributed by atoms with Crippen molar-refractivity contribution in [3.8, 4) is 11.5 Å². The topological polar surface area (TPSA) is 71.1 Å². The average molecular weight is 542 g/mol. The predicted molar refractivity (Wildman–Crippen MR) is 141 cm³/mol. The molecule has 1 N–H and O–H groups in total. The van der Waals surface area contributed by atoms with Gasteiger partial charge in [-0.2, -0.15) is 13.2 Å². The molecule has 0 atom stereocenters. The maximum absolute atomic E-state index is 13.5. The average Bonchev–Trinajstić information content (AvgIpc) is 2.94. The molecule has 3 amide bonds. The van der Waals surface area contributed by atoms with Gasteiger partial charge in [-0.1, -0.05) is 42.5 Å². The van der Waals surface area contributed by atoms with E-state index in [1.807, 2.05) is 42.5 Å². The second-order valence-electron chi connectivity index (χ2n) is 9.17. The van der Waals surface area contributed by atoms with Crippen LogP contribution in [0.4, 0.5) is 23.7 Å². The Morgan fingerprint density at radius 1 is 0.949 bits per heavy atom. The molecule has 0 unspecified atom stereocenters. The van der Waals surface area contributed by atoms with E-state index in [0.717, 1.165) is 22.8 Å². The third-order valence-corrected chi connectivity index (χ3v) is 6.67. The SMILES string of the molecule is COc1cc2c(cc1OC)CN(C(=O)CN(CCc1ccccc1)C(=O)Nc1ccccc1C(F)(F)F)CC2. The molecule has 0 bridgehead atoms. The van der Waals surface area contributed by atoms with Crippen LogP contribution < -0.4 is 14.8 Å². The second-order valence-corrected chi connectivity index (χ2v) is 9.17. The third kappa shape index (κ3) is 6.81. The van der Waals surface area contributed by atoms with Crippen LogP contribution in [-0.4, -0.2) is 55.6 Å². The number of carbonyl (C=O) groups excluding carboxylic acids is 2. The number of anilines is 1. The summed E-state index contributed by atoms with van der Waals surface area (Å²) in [5.41, 5.74) is 1.57. The quantitative estimate of drug-likeness (QED) is 0.416. The molecular formula is C29H30F3N3O4. The summed E-state index contributed by atoms with van der Waals surface area (Å²) in [5, 5.41) is 2.37. The van der Waals surface area contributed by atoms with Gasteiger partial charge >= 0.3 is 12.2 Å². The van der Waals surface area contributed by atoms with Crippen LogP contribution in [0.5, 0.6) is 11.5 Å². The number of fused-ring (bicyclic) bond motifs is 1. The van der Waals surface area contributed by atoms with E-state index in [4.69, 9.17) is 9.47 Å². The van der Waals surface area contributed by atoms with Crippen LogP contribution in [0.1, 0.15) is 22.3 Å². The van der Waals surface area contributed by atoms with Crippen molar-refractivity contribution in [3.63, 3.8) is 0 Å². The van der Waals surface area contributed by atoms with E-state index in [1.165, 1.54) is 30.2 Å². The monoisotopic (exact) mass is 541 g/mol. The number of amides is 3. The highest BCUT2D eigenvalue weighted by Crippen LogP contribution is 2.35. The number of rotatable bonds is 8. The molecule has 4 rings (SSSR count). The minimum atomic E-state index is -4.64. The van der Waals surface area contributed by atoms with E-state index in [2.05, 4.69) is 5.32 Å². The first-order valence-corrected chi connectivity index (χ1v) is 12.5. The first-order valence-electron chi connectivity index (χ1n) is 12.5. The van der Waals surface area contributed by atoms with Crippen LogP contribution in [0, 0.1) is 0 Å². The summed E-state index contributed by atoms with van der Waals surface area (Å²) in [6.45, 7) is 0.618. The molecule has 0 fully saturated rings. The maximum Gasteiger partial charge on any atom is 0.418 e. The van der Waals surface area contributed by atoms with Crippen LogP contribution in [0.15, 0.2) is 66.7 Å². The largest absolute Gasteiger partial charge is 0.493 e. The van der Waals surface area contributed by atoms with Crippen molar-refractivity contribution in [2.45, 2.75) is 25.6 Å². The molecule has 0 radical (unpaired) electrons. The third-order valence-electron chi connectivity index (χ3n) is 6.67. The Balaban J connectivity index is 1.52. The van der Waals surface area contributed by atoms with Gasteiger partial charge in [0.15, 0.2) is 11.5 Å². The molecule has 0 saturated carbocycles. The van der Waals surface area contributed by atoms with Crippen molar-refractivity contribution in [2.75, 3.05) is 39.2 Å². The van der Waals surface area contributed by atoms with Gasteiger partial charge in [-0.25, -0.2) is 4.79 Å². The summed E-state index contributed by atoms with van der Waals surface area (Å²) in [5.74, 6) is 0.861. The Kier molecular flexibility index (Phi) is 8.63. The molecule has 0 saturated heterocycles. The van der Waals surface area contributed by atoms with Gasteiger partial charge in [0, 0.05) is 19.6 Å². The second kappa shape index (κ2) is 12.1. The molecule has 1 aliphatic heterocycles. The van der Waals surface area contributed by atoms with Crippen LogP contribution in [0.2, 0.25) is 0 Å². The summed E-state index contributed by atoms with van der Waals surface area (Å²) in [6, 6.07) is 17.1. The fourth-order valence-corrected chi connectivity index (χ4v) is 4.55. The zero-order valence-corrected chi connectivity index (χ0v) is 21.8. The van der Waals surface area contributed by atoms with E-state index in [-0.39, 0.29) is 24.7 Å². The number of nitrogens with zero attached hydrogens (tertiary/aromatic N) is 2. The molecule has 10 heteroatoms. The summed E-state index contributed by atoms with van der Waals surface area (Å²) in [4.78, 5) is 29.5. The smallest absolute Gasteiger partial charge is 0.418 e. The molecule has 3 aromatic carbocycles. The van der Waals surface area contributed by atoms with Crippen LogP contribution in [-0.2, 0) is 30.4 Å². The Bertz CT molecular complexity index is 1310. The summed E-state index contributed by atoms with van der Waals surface area (Å²) in [7, 11) is 3.10. The van der Waals surface area contributed by atoms with Crippen molar-refractivity contribution < 1.29 is 32.2 Å². The van der Waals surface area contributed by atoms with Crippen molar-refractivity contribution in [2.24, 2.45) is 0 Å². The van der Waals surface area contributed by atoms with Gasteiger partial charge in [0.05, 0.1) is 25.5 Å². The number of ether oxygens (including phenoxy) is 2. The molecule has 0 aromatic heterocycles. The van der Waals surface area contributed by atoms with Gasteiger partial charge in [0.25, 0.3) is 0 Å². The zero-order chi connectivity index (χ0) is 28.0. The lowest BCUT2D eigenvalue weighted by Crippen LogP contribution is -2.46. The lowest BCUT2D eigenvalue weighted by Gasteiger charge is -2.32. The fourth-order valence-electron chi connectivity index (χ4n) is 4.55. The van der Waals surface area contributed by atoms with Crippen molar-refractivity contribution in [1.29, 1.82) is 0 Å². The van der Waals surface area contributed by atoms with Gasteiger partial charge in [-0.05, 0) is 53.8 Å². The zero-order valence-electron chi connectivity index (χ0n) is 21.8. The van der Waals surface area contributed by atoms with Gasteiger partial charge in [-0.15, -0.1) is 0 Å². The Morgan fingerprint density at radius 2 is 1.59 bits per heavy atom. The van der Waals surface area contributed by atoms with Crippen molar-refractivity contribution in [3.05, 3.63) is 89.0 Å². The molecule has 206 valence electrons. The van der Waals surface area contributed by atoms with Crippen molar-refractivity contribution in [1.82, 2.24) is 9.80 Å². The first kappa shape index (κ1) is 27.8. The Labute approximate surface area is 225 Å². The molecule has 39 heavy (non-hydrogen) atoms. The number of urea groups is 1.